The van der Waals surface area contributed by atoms with E-state index in [1.54, 1.807) is 53.4 Å². The number of nitrogens with zero attached hydrogens (tertiary/aromatic N) is 4. The standard InChI is InChI=1S/C22H20N4O5S/c1-3-31-22(29)15-13-14-18(23-17-8-4-5-9-25(17)21(14)28)26(10-11-30-2)19(15)24-20(27)16-7-6-12-32-16/h4-9,12-13H,3,10-11H2,1-2H3. The Balaban J connectivity index is 2.13. The van der Waals surface area contributed by atoms with Gasteiger partial charge in [-0.2, -0.15) is 4.99 Å². The van der Waals surface area contributed by atoms with Gasteiger partial charge in [0.1, 0.15) is 16.9 Å². The third kappa shape index (κ3) is 3.97. The minimum Gasteiger partial charge on any atom is -0.462 e. The third-order valence-electron chi connectivity index (χ3n) is 4.74. The second kappa shape index (κ2) is 9.25. The summed E-state index contributed by atoms with van der Waals surface area (Å²) in [6, 6.07) is 9.98. The number of hydrogen-bond acceptors (Lipinski definition) is 7. The fraction of sp³-hybridized carbons (Fsp3) is 0.227. The maximum Gasteiger partial charge on any atom is 0.341 e. The van der Waals surface area contributed by atoms with Crippen molar-refractivity contribution in [1.82, 2.24) is 14.0 Å². The zero-order valence-corrected chi connectivity index (χ0v) is 18.3. The van der Waals surface area contributed by atoms with Crippen LogP contribution in [-0.2, 0) is 16.0 Å². The number of carbonyl (C=O) groups is 2. The van der Waals surface area contributed by atoms with E-state index in [2.05, 4.69) is 9.98 Å². The molecule has 4 heterocycles. The van der Waals surface area contributed by atoms with Crippen LogP contribution in [0.1, 0.15) is 27.0 Å². The molecule has 0 radical (unpaired) electrons. The lowest BCUT2D eigenvalue weighted by atomic mass is 10.2. The zero-order valence-electron chi connectivity index (χ0n) is 17.5. The summed E-state index contributed by atoms with van der Waals surface area (Å²) in [4.78, 5) is 48.1. The van der Waals surface area contributed by atoms with Crippen molar-refractivity contribution in [1.29, 1.82) is 0 Å². The lowest BCUT2D eigenvalue weighted by molar-refractivity contribution is 0.0523. The fourth-order valence-electron chi connectivity index (χ4n) is 3.30. The van der Waals surface area contributed by atoms with Crippen LogP contribution in [0, 0.1) is 0 Å². The first-order valence-electron chi connectivity index (χ1n) is 9.88. The van der Waals surface area contributed by atoms with E-state index < -0.39 is 11.9 Å². The van der Waals surface area contributed by atoms with Gasteiger partial charge >= 0.3 is 5.97 Å². The Kier molecular flexibility index (Phi) is 6.24. The Morgan fingerprint density at radius 1 is 1.22 bits per heavy atom. The molecule has 32 heavy (non-hydrogen) atoms. The highest BCUT2D eigenvalue weighted by molar-refractivity contribution is 7.12. The first-order chi connectivity index (χ1) is 15.5. The van der Waals surface area contributed by atoms with Crippen LogP contribution in [0.2, 0.25) is 0 Å². The van der Waals surface area contributed by atoms with Crippen LogP contribution in [0.5, 0.6) is 0 Å². The highest BCUT2D eigenvalue weighted by atomic mass is 32.1. The molecule has 1 amide bonds. The van der Waals surface area contributed by atoms with Crippen LogP contribution in [0.4, 0.5) is 0 Å². The molecular formula is C22H20N4O5S. The van der Waals surface area contributed by atoms with Crippen molar-refractivity contribution in [2.24, 2.45) is 4.99 Å². The number of fused-ring (bicyclic) bond motifs is 2. The maximum atomic E-state index is 13.2. The molecule has 4 aromatic rings. The van der Waals surface area contributed by atoms with Crippen molar-refractivity contribution in [3.05, 3.63) is 74.3 Å². The lowest BCUT2D eigenvalue weighted by Crippen LogP contribution is -2.33. The number of pyridine rings is 2. The number of carbonyl (C=O) groups excluding carboxylic acids is 2. The number of amides is 1. The predicted octanol–water partition coefficient (Wildman–Crippen LogP) is 2.27. The molecule has 4 rings (SSSR count). The lowest BCUT2D eigenvalue weighted by Gasteiger charge is -2.14. The first kappa shape index (κ1) is 21.6. The van der Waals surface area contributed by atoms with Crippen LogP contribution in [0.15, 0.2) is 57.8 Å². The maximum absolute atomic E-state index is 13.2. The third-order valence-corrected chi connectivity index (χ3v) is 5.60. The summed E-state index contributed by atoms with van der Waals surface area (Å²) in [6.07, 6.45) is 1.60. The Labute approximate surface area is 186 Å². The second-order valence-electron chi connectivity index (χ2n) is 6.72. The van der Waals surface area contributed by atoms with Gasteiger partial charge in [-0.1, -0.05) is 12.1 Å². The Morgan fingerprint density at radius 3 is 2.78 bits per heavy atom. The summed E-state index contributed by atoms with van der Waals surface area (Å²) in [5, 5.41) is 1.97. The molecule has 0 aliphatic rings. The van der Waals surface area contributed by atoms with Crippen molar-refractivity contribution in [3.8, 4) is 0 Å². The van der Waals surface area contributed by atoms with E-state index in [0.29, 0.717) is 16.2 Å². The van der Waals surface area contributed by atoms with E-state index >= 15 is 0 Å². The molecule has 0 fully saturated rings. The molecular weight excluding hydrogens is 432 g/mol. The number of esters is 1. The van der Waals surface area contributed by atoms with Crippen LogP contribution < -0.4 is 11.0 Å². The molecule has 0 N–H and O–H groups in total. The molecule has 164 valence electrons. The minimum absolute atomic E-state index is 0.00939. The van der Waals surface area contributed by atoms with Crippen molar-refractivity contribution < 1.29 is 19.1 Å². The fourth-order valence-corrected chi connectivity index (χ4v) is 3.91. The van der Waals surface area contributed by atoms with E-state index in [-0.39, 0.29) is 41.8 Å². The van der Waals surface area contributed by atoms with Gasteiger partial charge in [0.15, 0.2) is 5.49 Å². The normalized spacial score (nSPS) is 11.9. The number of rotatable bonds is 6. The number of thiophene rings is 1. The quantitative estimate of drug-likeness (QED) is 0.328. The van der Waals surface area contributed by atoms with Gasteiger partial charge in [0.25, 0.3) is 11.5 Å². The molecule has 0 saturated carbocycles. The minimum atomic E-state index is -0.684. The summed E-state index contributed by atoms with van der Waals surface area (Å²) >= 11 is 1.24. The van der Waals surface area contributed by atoms with Crippen LogP contribution in [-0.4, -0.2) is 46.2 Å². The molecule has 0 aliphatic heterocycles. The summed E-state index contributed by atoms with van der Waals surface area (Å²) in [5.74, 6) is -1.19. The average Bonchev–Trinajstić information content (AvgIpc) is 3.34. The van der Waals surface area contributed by atoms with Crippen molar-refractivity contribution in [3.63, 3.8) is 0 Å². The number of ether oxygens (including phenoxy) is 2. The SMILES string of the molecule is CCOC(=O)c1cc2c(=O)n3ccccc3nc2n(CCOC)c1=NC(=O)c1cccs1. The van der Waals surface area contributed by atoms with Crippen LogP contribution in [0.3, 0.4) is 0 Å². The van der Waals surface area contributed by atoms with Gasteiger partial charge in [-0.3, -0.25) is 14.0 Å². The monoisotopic (exact) mass is 452 g/mol. The molecule has 0 aromatic carbocycles. The van der Waals surface area contributed by atoms with E-state index in [4.69, 9.17) is 9.47 Å². The molecule has 0 saturated heterocycles. The second-order valence-corrected chi connectivity index (χ2v) is 7.67. The molecule has 0 bridgehead atoms. The average molecular weight is 452 g/mol. The van der Waals surface area contributed by atoms with E-state index in [1.807, 2.05) is 0 Å². The Hall–Kier alpha value is -3.63. The molecule has 4 aromatic heterocycles. The van der Waals surface area contributed by atoms with Gasteiger partial charge in [-0.25, -0.2) is 9.78 Å². The number of hydrogen-bond donors (Lipinski definition) is 0. The summed E-state index contributed by atoms with van der Waals surface area (Å²) in [5.41, 5.74) is 0.451. The Morgan fingerprint density at radius 2 is 2.06 bits per heavy atom. The molecule has 0 unspecified atom stereocenters. The molecule has 0 spiro atoms. The largest absolute Gasteiger partial charge is 0.462 e. The molecule has 9 nitrogen and oxygen atoms in total. The molecule has 10 heteroatoms. The summed E-state index contributed by atoms with van der Waals surface area (Å²) < 4.78 is 13.4. The van der Waals surface area contributed by atoms with Gasteiger partial charge in [0.2, 0.25) is 0 Å². The molecule has 0 aliphatic carbocycles. The highest BCUT2D eigenvalue weighted by Crippen LogP contribution is 2.13. The van der Waals surface area contributed by atoms with Crippen molar-refractivity contribution in [2.45, 2.75) is 13.5 Å². The van der Waals surface area contributed by atoms with Gasteiger partial charge in [0.05, 0.1) is 23.5 Å². The van der Waals surface area contributed by atoms with Crippen molar-refractivity contribution in [2.75, 3.05) is 20.3 Å². The van der Waals surface area contributed by atoms with Gasteiger partial charge in [0, 0.05) is 19.9 Å². The number of aromatic nitrogens is 3. The van der Waals surface area contributed by atoms with Crippen molar-refractivity contribution >= 4 is 39.9 Å². The Bertz CT molecular complexity index is 1440. The van der Waals surface area contributed by atoms with E-state index in [1.165, 1.54) is 28.9 Å². The molecule has 0 atom stereocenters. The van der Waals surface area contributed by atoms with Crippen LogP contribution in [0.25, 0.3) is 16.7 Å². The van der Waals surface area contributed by atoms with Gasteiger partial charge < -0.3 is 14.0 Å². The predicted molar refractivity (Wildman–Crippen MR) is 119 cm³/mol. The zero-order chi connectivity index (χ0) is 22.7. The van der Waals surface area contributed by atoms with Gasteiger partial charge in [-0.15, -0.1) is 11.3 Å². The summed E-state index contributed by atoms with van der Waals surface area (Å²) in [7, 11) is 1.53. The number of methoxy groups -OCH3 is 1. The van der Waals surface area contributed by atoms with Crippen LogP contribution >= 0.6 is 11.3 Å². The van der Waals surface area contributed by atoms with E-state index in [9.17, 15) is 14.4 Å². The highest BCUT2D eigenvalue weighted by Gasteiger charge is 2.20. The smallest absolute Gasteiger partial charge is 0.341 e. The first-order valence-corrected chi connectivity index (χ1v) is 10.8. The summed E-state index contributed by atoms with van der Waals surface area (Å²) in [6.45, 7) is 2.27. The van der Waals surface area contributed by atoms with E-state index in [0.717, 1.165) is 0 Å². The topological polar surface area (TPSA) is 104 Å². The van der Waals surface area contributed by atoms with Gasteiger partial charge in [-0.05, 0) is 36.6 Å².